The number of nitrogens with zero attached hydrogens (tertiary/aromatic N) is 3. The fourth-order valence-electron chi connectivity index (χ4n) is 4.73. The van der Waals surface area contributed by atoms with E-state index in [-0.39, 0.29) is 29.9 Å². The number of hydrogen-bond donors (Lipinski definition) is 2. The molecule has 2 aliphatic heterocycles. The summed E-state index contributed by atoms with van der Waals surface area (Å²) in [6.07, 6.45) is -0.582. The van der Waals surface area contributed by atoms with Crippen molar-refractivity contribution in [1.82, 2.24) is 19.8 Å². The SMILES string of the molecule is CC[C@@]1(OC(=O)N(C)CCNC)C(=O)OCc2c1cc1n(c2=O)Cc2cc3cc(O)ccc3nc2-1. The number of pyridine rings is 2. The molecule has 2 N–H and O–H groups in total. The summed E-state index contributed by atoms with van der Waals surface area (Å²) in [7, 11) is 3.35. The van der Waals surface area contributed by atoms with E-state index in [1.54, 1.807) is 49.9 Å². The number of phenols is 1. The Balaban J connectivity index is 1.64. The first-order valence-corrected chi connectivity index (χ1v) is 11.4. The molecule has 1 aromatic carbocycles. The molecular weight excluding hydrogens is 452 g/mol. The highest BCUT2D eigenvalue weighted by Crippen LogP contribution is 2.41. The lowest BCUT2D eigenvalue weighted by atomic mass is 9.85. The summed E-state index contributed by atoms with van der Waals surface area (Å²) in [5.41, 5.74) is 1.22. The molecule has 0 saturated carbocycles. The molecule has 0 fully saturated rings. The number of cyclic esters (lactones) is 1. The summed E-state index contributed by atoms with van der Waals surface area (Å²) in [6.45, 7) is 2.75. The molecule has 0 aliphatic carbocycles. The summed E-state index contributed by atoms with van der Waals surface area (Å²) >= 11 is 0. The first-order chi connectivity index (χ1) is 16.8. The fraction of sp³-hybridized carbons (Fsp3) is 0.360. The summed E-state index contributed by atoms with van der Waals surface area (Å²) in [4.78, 5) is 45.6. The average Bonchev–Trinajstić information content (AvgIpc) is 3.20. The number of aromatic hydroxyl groups is 1. The van der Waals surface area contributed by atoms with Gasteiger partial charge in [0.25, 0.3) is 5.56 Å². The van der Waals surface area contributed by atoms with Crippen molar-refractivity contribution in [2.45, 2.75) is 32.1 Å². The van der Waals surface area contributed by atoms with E-state index in [4.69, 9.17) is 14.5 Å². The summed E-state index contributed by atoms with van der Waals surface area (Å²) in [5.74, 6) is -0.570. The van der Waals surface area contributed by atoms with Gasteiger partial charge in [-0.05, 0) is 43.8 Å². The van der Waals surface area contributed by atoms with Crippen LogP contribution in [0.2, 0.25) is 0 Å². The minimum Gasteiger partial charge on any atom is -0.508 e. The molecule has 10 nitrogen and oxygen atoms in total. The molecule has 0 unspecified atom stereocenters. The average molecular weight is 479 g/mol. The van der Waals surface area contributed by atoms with Gasteiger partial charge in [-0.25, -0.2) is 14.6 Å². The summed E-state index contributed by atoms with van der Waals surface area (Å²) in [5, 5.41) is 13.5. The van der Waals surface area contributed by atoms with Crippen molar-refractivity contribution >= 4 is 23.0 Å². The number of amides is 1. The van der Waals surface area contributed by atoms with E-state index in [1.807, 2.05) is 6.07 Å². The third-order valence-electron chi connectivity index (χ3n) is 6.73. The molecule has 0 bridgehead atoms. The van der Waals surface area contributed by atoms with Crippen LogP contribution in [0.25, 0.3) is 22.3 Å². The lowest BCUT2D eigenvalue weighted by Crippen LogP contribution is -2.49. The smallest absolute Gasteiger partial charge is 0.411 e. The zero-order valence-corrected chi connectivity index (χ0v) is 19.8. The quantitative estimate of drug-likeness (QED) is 0.418. The largest absolute Gasteiger partial charge is 0.508 e. The van der Waals surface area contributed by atoms with E-state index in [0.29, 0.717) is 42.1 Å². The molecule has 2 aliphatic rings. The number of phenolic OH excluding ortho intramolecular Hbond substituents is 1. The Bertz CT molecular complexity index is 1430. The number of likely N-dealkylation sites (N-methyl/N-ethyl adjacent to an activating group) is 2. The zero-order chi connectivity index (χ0) is 24.9. The van der Waals surface area contributed by atoms with E-state index in [2.05, 4.69) is 5.32 Å². The standard InChI is InChI=1S/C25H26N4O6/c1-4-25(35-24(33)28(3)8-7-26-2)18-11-20-21-15(9-14-10-16(30)5-6-19(14)27-21)12-29(20)22(31)17(18)13-34-23(25)32/h5-6,9-11,26,30H,4,7-8,12-13H2,1-3H3/t25-/m0/s1. The highest BCUT2D eigenvalue weighted by Gasteiger charge is 2.50. The molecule has 2 aromatic heterocycles. The number of carbonyl (C=O) groups excluding carboxylic acids is 2. The Morgan fingerprint density at radius 3 is 2.86 bits per heavy atom. The summed E-state index contributed by atoms with van der Waals surface area (Å²) < 4.78 is 12.8. The van der Waals surface area contributed by atoms with Gasteiger partial charge in [0.05, 0.1) is 29.0 Å². The van der Waals surface area contributed by atoms with Crippen molar-refractivity contribution in [3.63, 3.8) is 0 Å². The van der Waals surface area contributed by atoms with Crippen LogP contribution in [0.4, 0.5) is 4.79 Å². The minimum absolute atomic E-state index is 0.102. The number of nitrogens with one attached hydrogen (secondary N) is 1. The van der Waals surface area contributed by atoms with Gasteiger partial charge in [0, 0.05) is 36.7 Å². The van der Waals surface area contributed by atoms with Crippen molar-refractivity contribution in [3.05, 3.63) is 57.4 Å². The van der Waals surface area contributed by atoms with Crippen molar-refractivity contribution in [1.29, 1.82) is 0 Å². The zero-order valence-electron chi connectivity index (χ0n) is 19.8. The third-order valence-corrected chi connectivity index (χ3v) is 6.73. The first kappa shape index (κ1) is 22.9. The molecule has 182 valence electrons. The lowest BCUT2D eigenvalue weighted by molar-refractivity contribution is -0.173. The Morgan fingerprint density at radius 1 is 1.31 bits per heavy atom. The Hall–Kier alpha value is -3.92. The van der Waals surface area contributed by atoms with Crippen molar-refractivity contribution in [3.8, 4) is 17.1 Å². The number of hydrogen-bond acceptors (Lipinski definition) is 8. The maximum Gasteiger partial charge on any atom is 0.411 e. The molecule has 1 amide bonds. The van der Waals surface area contributed by atoms with Crippen molar-refractivity contribution < 1.29 is 24.2 Å². The van der Waals surface area contributed by atoms with E-state index in [9.17, 15) is 19.5 Å². The summed E-state index contributed by atoms with van der Waals surface area (Å²) in [6, 6.07) is 8.51. The predicted octanol–water partition coefficient (Wildman–Crippen LogP) is 2.08. The molecule has 1 atom stereocenters. The van der Waals surface area contributed by atoms with Gasteiger partial charge >= 0.3 is 12.1 Å². The highest BCUT2D eigenvalue weighted by molar-refractivity contribution is 5.88. The molecule has 4 heterocycles. The van der Waals surface area contributed by atoms with Crippen LogP contribution in [0.3, 0.4) is 0 Å². The van der Waals surface area contributed by atoms with Crippen LogP contribution in [-0.4, -0.2) is 58.8 Å². The van der Waals surface area contributed by atoms with E-state index in [1.165, 1.54) is 4.90 Å². The van der Waals surface area contributed by atoms with E-state index in [0.717, 1.165) is 10.9 Å². The third kappa shape index (κ3) is 3.52. The number of esters is 1. The van der Waals surface area contributed by atoms with Crippen LogP contribution in [0.1, 0.15) is 30.0 Å². The number of benzene rings is 1. The highest BCUT2D eigenvalue weighted by atomic mass is 16.6. The van der Waals surface area contributed by atoms with Crippen molar-refractivity contribution in [2.24, 2.45) is 0 Å². The molecule has 10 heteroatoms. The molecular formula is C25H26N4O6. The monoisotopic (exact) mass is 478 g/mol. The number of fused-ring (bicyclic) bond motifs is 5. The second-order valence-electron chi connectivity index (χ2n) is 8.84. The molecule has 0 radical (unpaired) electrons. The number of rotatable bonds is 5. The predicted molar refractivity (Wildman–Crippen MR) is 127 cm³/mol. The molecule has 0 spiro atoms. The lowest BCUT2D eigenvalue weighted by Gasteiger charge is -2.36. The fourth-order valence-corrected chi connectivity index (χ4v) is 4.73. The van der Waals surface area contributed by atoms with Gasteiger partial charge in [0.1, 0.15) is 12.4 Å². The number of ether oxygens (including phenoxy) is 2. The Morgan fingerprint density at radius 2 is 2.11 bits per heavy atom. The van der Waals surface area contributed by atoms with Crippen LogP contribution in [0, 0.1) is 0 Å². The Kier molecular flexibility index (Phi) is 5.47. The van der Waals surface area contributed by atoms with Gasteiger partial charge in [-0.1, -0.05) is 6.92 Å². The molecule has 3 aromatic rings. The van der Waals surface area contributed by atoms with E-state index >= 15 is 0 Å². The second kappa shape index (κ2) is 8.38. The molecule has 5 rings (SSSR count). The molecule has 0 saturated heterocycles. The van der Waals surface area contributed by atoms with Gasteiger partial charge in [-0.2, -0.15) is 0 Å². The van der Waals surface area contributed by atoms with Gasteiger partial charge in [-0.3, -0.25) is 4.79 Å². The number of carbonyl (C=O) groups is 2. The molecule has 35 heavy (non-hydrogen) atoms. The second-order valence-corrected chi connectivity index (χ2v) is 8.84. The normalized spacial score (nSPS) is 18.0. The van der Waals surface area contributed by atoms with Gasteiger partial charge in [0.2, 0.25) is 5.60 Å². The van der Waals surface area contributed by atoms with Crippen LogP contribution in [0.15, 0.2) is 35.1 Å². The first-order valence-electron chi connectivity index (χ1n) is 11.4. The van der Waals surface area contributed by atoms with Gasteiger partial charge in [-0.15, -0.1) is 0 Å². The topological polar surface area (TPSA) is 123 Å². The van der Waals surface area contributed by atoms with Crippen LogP contribution in [-0.2, 0) is 33.0 Å². The number of aromatic nitrogens is 2. The van der Waals surface area contributed by atoms with Gasteiger partial charge < -0.3 is 29.4 Å². The van der Waals surface area contributed by atoms with E-state index < -0.39 is 17.7 Å². The van der Waals surface area contributed by atoms with Crippen LogP contribution in [0.5, 0.6) is 5.75 Å². The maximum absolute atomic E-state index is 13.5. The maximum atomic E-state index is 13.5. The Labute approximate surface area is 201 Å². The van der Waals surface area contributed by atoms with Crippen LogP contribution >= 0.6 is 0 Å². The van der Waals surface area contributed by atoms with Gasteiger partial charge in [0.15, 0.2) is 0 Å². The van der Waals surface area contributed by atoms with Crippen molar-refractivity contribution in [2.75, 3.05) is 27.2 Å². The minimum atomic E-state index is -1.74. The van der Waals surface area contributed by atoms with Crippen LogP contribution < -0.4 is 10.9 Å².